The summed E-state index contributed by atoms with van der Waals surface area (Å²) in [5, 5.41) is 9.70. The van der Waals surface area contributed by atoms with E-state index >= 15 is 0 Å². The molecule has 0 fully saturated rings. The first kappa shape index (κ1) is 15.0. The molecular formula is C17H14FNO4. The fraction of sp³-hybridized carbons (Fsp3) is 0.176. The smallest absolute Gasteiger partial charge is 0.314 e. The molecule has 118 valence electrons. The number of aliphatic carboxylic acids is 1. The Bertz CT molecular complexity index is 864. The molecule has 0 saturated carbocycles. The van der Waals surface area contributed by atoms with Gasteiger partial charge in [-0.3, -0.25) is 4.79 Å². The van der Waals surface area contributed by atoms with Crippen molar-refractivity contribution in [2.75, 3.05) is 0 Å². The van der Waals surface area contributed by atoms with Crippen LogP contribution in [0.1, 0.15) is 24.5 Å². The lowest BCUT2D eigenvalue weighted by Crippen LogP contribution is -2.10. The predicted octanol–water partition coefficient (Wildman–Crippen LogP) is 3.71. The second-order valence-corrected chi connectivity index (χ2v) is 5.24. The van der Waals surface area contributed by atoms with Crippen molar-refractivity contribution in [3.63, 3.8) is 0 Å². The van der Waals surface area contributed by atoms with E-state index in [2.05, 4.69) is 4.98 Å². The van der Waals surface area contributed by atoms with Crippen LogP contribution < -0.4 is 0 Å². The van der Waals surface area contributed by atoms with Gasteiger partial charge >= 0.3 is 5.97 Å². The number of H-pyrrole nitrogens is 1. The molecule has 0 spiro atoms. The Morgan fingerprint density at radius 1 is 1.43 bits per heavy atom. The summed E-state index contributed by atoms with van der Waals surface area (Å²) in [5.74, 6) is -2.07. The molecule has 1 atom stereocenters. The van der Waals surface area contributed by atoms with Crippen LogP contribution in [0.5, 0.6) is 0 Å². The first-order chi connectivity index (χ1) is 11.1. The molecule has 5 nitrogen and oxygen atoms in total. The van der Waals surface area contributed by atoms with E-state index in [1.54, 1.807) is 24.4 Å². The number of benzene rings is 1. The first-order valence-corrected chi connectivity index (χ1v) is 7.12. The Kier molecular flexibility index (Phi) is 3.97. The minimum absolute atomic E-state index is 0.134. The molecule has 0 radical (unpaired) electrons. The van der Waals surface area contributed by atoms with E-state index in [9.17, 15) is 19.1 Å². The van der Waals surface area contributed by atoms with Gasteiger partial charge in [0.25, 0.3) is 0 Å². The van der Waals surface area contributed by atoms with Crippen molar-refractivity contribution in [1.82, 2.24) is 4.98 Å². The normalized spacial score (nSPS) is 12.4. The quantitative estimate of drug-likeness (QED) is 0.679. The number of carbonyl (C=O) groups is 2. The Morgan fingerprint density at radius 3 is 3.00 bits per heavy atom. The van der Waals surface area contributed by atoms with Gasteiger partial charge in [-0.15, -0.1) is 0 Å². The lowest BCUT2D eigenvalue weighted by atomic mass is 9.99. The maximum atomic E-state index is 14.0. The van der Waals surface area contributed by atoms with Crippen LogP contribution >= 0.6 is 0 Å². The summed E-state index contributed by atoms with van der Waals surface area (Å²) < 4.78 is 19.4. The van der Waals surface area contributed by atoms with E-state index in [0.717, 1.165) is 0 Å². The van der Waals surface area contributed by atoms with E-state index < -0.39 is 11.9 Å². The van der Waals surface area contributed by atoms with Crippen LogP contribution in [0.15, 0.2) is 41.1 Å². The fourth-order valence-corrected chi connectivity index (χ4v) is 2.67. The molecule has 0 aliphatic rings. The van der Waals surface area contributed by atoms with Crippen molar-refractivity contribution >= 4 is 23.2 Å². The molecule has 23 heavy (non-hydrogen) atoms. The molecule has 3 rings (SSSR count). The molecular weight excluding hydrogens is 301 g/mol. The standard InChI is InChI=1S/C17H14FNO4/c18-13-4-1-5-14-16(13)12(8-19-14)10-7-15(23-9-10)11(17(21)22)3-2-6-20/h1,4-9,11,19H,2-3H2,(H,21,22). The molecule has 0 bridgehead atoms. The molecule has 0 aliphatic heterocycles. The highest BCUT2D eigenvalue weighted by atomic mass is 19.1. The van der Waals surface area contributed by atoms with E-state index in [1.807, 2.05) is 0 Å². The zero-order valence-corrected chi connectivity index (χ0v) is 12.1. The highest BCUT2D eigenvalue weighted by Crippen LogP contribution is 2.34. The minimum Gasteiger partial charge on any atom is -0.481 e. The van der Waals surface area contributed by atoms with Crippen molar-refractivity contribution in [3.05, 3.63) is 48.3 Å². The van der Waals surface area contributed by atoms with Crippen molar-refractivity contribution in [3.8, 4) is 11.1 Å². The summed E-state index contributed by atoms with van der Waals surface area (Å²) >= 11 is 0. The van der Waals surface area contributed by atoms with Gasteiger partial charge in [0.1, 0.15) is 23.8 Å². The van der Waals surface area contributed by atoms with Gasteiger partial charge in [0.05, 0.1) is 6.26 Å². The zero-order chi connectivity index (χ0) is 16.4. The molecule has 1 unspecified atom stereocenters. The van der Waals surface area contributed by atoms with Gasteiger partial charge in [0.2, 0.25) is 0 Å². The summed E-state index contributed by atoms with van der Waals surface area (Å²) in [6, 6.07) is 6.31. The number of carbonyl (C=O) groups excluding carboxylic acids is 1. The van der Waals surface area contributed by atoms with Gasteiger partial charge in [-0.2, -0.15) is 0 Å². The van der Waals surface area contributed by atoms with Gasteiger partial charge in [-0.1, -0.05) is 6.07 Å². The molecule has 1 aromatic carbocycles. The van der Waals surface area contributed by atoms with Gasteiger partial charge in [0, 0.05) is 34.6 Å². The molecule has 2 heterocycles. The van der Waals surface area contributed by atoms with E-state index in [-0.39, 0.29) is 24.4 Å². The molecule has 3 aromatic rings. The Hall–Kier alpha value is -2.89. The Balaban J connectivity index is 2.00. The average Bonchev–Trinajstić information content (AvgIpc) is 3.14. The highest BCUT2D eigenvalue weighted by molar-refractivity contribution is 5.96. The van der Waals surface area contributed by atoms with Gasteiger partial charge in [0.15, 0.2) is 0 Å². The van der Waals surface area contributed by atoms with Crippen LogP contribution in [0.4, 0.5) is 4.39 Å². The van der Waals surface area contributed by atoms with Crippen LogP contribution in [0, 0.1) is 5.82 Å². The van der Waals surface area contributed by atoms with Gasteiger partial charge in [-0.05, 0) is 24.6 Å². The summed E-state index contributed by atoms with van der Waals surface area (Å²) in [6.45, 7) is 0. The number of aldehydes is 1. The molecule has 2 N–H and O–H groups in total. The third kappa shape index (κ3) is 2.75. The summed E-state index contributed by atoms with van der Waals surface area (Å²) in [7, 11) is 0. The van der Waals surface area contributed by atoms with Crippen molar-refractivity contribution < 1.29 is 23.5 Å². The number of aromatic amines is 1. The summed E-state index contributed by atoms with van der Waals surface area (Å²) in [5.41, 5.74) is 1.85. The van der Waals surface area contributed by atoms with E-state index in [1.165, 1.54) is 12.3 Å². The van der Waals surface area contributed by atoms with Crippen molar-refractivity contribution in [2.45, 2.75) is 18.8 Å². The monoisotopic (exact) mass is 315 g/mol. The second kappa shape index (κ2) is 6.08. The largest absolute Gasteiger partial charge is 0.481 e. The van der Waals surface area contributed by atoms with Crippen LogP contribution in [0.2, 0.25) is 0 Å². The van der Waals surface area contributed by atoms with Gasteiger partial charge in [-0.25, -0.2) is 4.39 Å². The number of carboxylic acid groups (broad SMARTS) is 1. The first-order valence-electron chi connectivity index (χ1n) is 7.12. The van der Waals surface area contributed by atoms with Crippen LogP contribution in [0.3, 0.4) is 0 Å². The fourth-order valence-electron chi connectivity index (χ4n) is 2.67. The number of carboxylic acids is 1. The van der Waals surface area contributed by atoms with Crippen LogP contribution in [-0.2, 0) is 9.59 Å². The number of hydrogen-bond acceptors (Lipinski definition) is 3. The second-order valence-electron chi connectivity index (χ2n) is 5.24. The van der Waals surface area contributed by atoms with E-state index in [0.29, 0.717) is 28.3 Å². The average molecular weight is 315 g/mol. The van der Waals surface area contributed by atoms with E-state index in [4.69, 9.17) is 4.42 Å². The zero-order valence-electron chi connectivity index (χ0n) is 12.1. The molecule has 6 heteroatoms. The Morgan fingerprint density at radius 2 is 2.26 bits per heavy atom. The molecule has 0 aliphatic carbocycles. The lowest BCUT2D eigenvalue weighted by Gasteiger charge is -2.06. The number of furan rings is 1. The summed E-state index contributed by atoms with van der Waals surface area (Å²) in [4.78, 5) is 24.8. The Labute approximate surface area is 130 Å². The number of nitrogens with one attached hydrogen (secondary N) is 1. The number of fused-ring (bicyclic) bond motifs is 1. The third-order valence-electron chi connectivity index (χ3n) is 3.80. The maximum absolute atomic E-state index is 14.0. The van der Waals surface area contributed by atoms with Crippen molar-refractivity contribution in [1.29, 1.82) is 0 Å². The number of halogens is 1. The lowest BCUT2D eigenvalue weighted by molar-refractivity contribution is -0.139. The van der Waals surface area contributed by atoms with Crippen molar-refractivity contribution in [2.24, 2.45) is 0 Å². The molecule has 2 aromatic heterocycles. The number of aromatic nitrogens is 1. The minimum atomic E-state index is -1.06. The molecule has 0 saturated heterocycles. The third-order valence-corrected chi connectivity index (χ3v) is 3.80. The number of rotatable bonds is 6. The maximum Gasteiger partial charge on any atom is 0.314 e. The van der Waals surface area contributed by atoms with Crippen LogP contribution in [-0.4, -0.2) is 22.3 Å². The predicted molar refractivity (Wildman–Crippen MR) is 81.6 cm³/mol. The topological polar surface area (TPSA) is 83.3 Å². The van der Waals surface area contributed by atoms with Gasteiger partial charge < -0.3 is 19.3 Å². The SMILES string of the molecule is O=CCCC(C(=O)O)c1cc(-c2c[nH]c3cccc(F)c23)co1. The number of hydrogen-bond donors (Lipinski definition) is 2. The highest BCUT2D eigenvalue weighted by Gasteiger charge is 2.24. The molecule has 0 amide bonds. The van der Waals surface area contributed by atoms with Crippen LogP contribution in [0.25, 0.3) is 22.0 Å². The summed E-state index contributed by atoms with van der Waals surface area (Å²) in [6.07, 6.45) is 4.03.